The molecule has 0 nitrogen and oxygen atoms in total. The lowest BCUT2D eigenvalue weighted by Gasteiger charge is -2.11. The SMILES string of the molecule is CCC(S)CC(S)CS. The van der Waals surface area contributed by atoms with Gasteiger partial charge in [0, 0.05) is 16.3 Å². The standard InChI is InChI=1S/C6H14S3/c1-2-5(8)3-6(9)4-7/h5-9H,2-4H2,1H3. The molecule has 0 aromatic rings. The zero-order chi connectivity index (χ0) is 7.28. The van der Waals surface area contributed by atoms with Crippen LogP contribution in [0.5, 0.6) is 0 Å². The average Bonchev–Trinajstić information content (AvgIpc) is 1.87. The molecular weight excluding hydrogens is 168 g/mol. The van der Waals surface area contributed by atoms with Gasteiger partial charge in [0.25, 0.3) is 0 Å². The summed E-state index contributed by atoms with van der Waals surface area (Å²) in [7, 11) is 0. The van der Waals surface area contributed by atoms with Gasteiger partial charge in [0.1, 0.15) is 0 Å². The molecule has 9 heavy (non-hydrogen) atoms. The molecule has 0 aliphatic carbocycles. The quantitative estimate of drug-likeness (QED) is 0.546. The van der Waals surface area contributed by atoms with E-state index in [0.717, 1.165) is 18.6 Å². The Morgan fingerprint density at radius 2 is 1.78 bits per heavy atom. The van der Waals surface area contributed by atoms with Crippen molar-refractivity contribution in [3.63, 3.8) is 0 Å². The average molecular weight is 182 g/mol. The molecule has 0 saturated heterocycles. The van der Waals surface area contributed by atoms with Gasteiger partial charge in [-0.3, -0.25) is 0 Å². The molecule has 0 fully saturated rings. The van der Waals surface area contributed by atoms with E-state index < -0.39 is 0 Å². The molecule has 0 radical (unpaired) electrons. The smallest absolute Gasteiger partial charge is 0.0115 e. The van der Waals surface area contributed by atoms with E-state index in [-0.39, 0.29) is 0 Å². The Kier molecular flexibility index (Phi) is 6.48. The fourth-order valence-electron chi connectivity index (χ4n) is 0.555. The first kappa shape index (κ1) is 10.0. The van der Waals surface area contributed by atoms with Crippen LogP contribution in [-0.2, 0) is 0 Å². The van der Waals surface area contributed by atoms with E-state index in [2.05, 4.69) is 44.8 Å². The van der Waals surface area contributed by atoms with Crippen molar-refractivity contribution in [3.05, 3.63) is 0 Å². The van der Waals surface area contributed by atoms with Gasteiger partial charge in [-0.05, 0) is 12.8 Å². The summed E-state index contributed by atoms with van der Waals surface area (Å²) in [5.74, 6) is 0.847. The van der Waals surface area contributed by atoms with Gasteiger partial charge >= 0.3 is 0 Å². The van der Waals surface area contributed by atoms with E-state index in [1.807, 2.05) is 0 Å². The highest BCUT2D eigenvalue weighted by Crippen LogP contribution is 2.13. The topological polar surface area (TPSA) is 0 Å². The van der Waals surface area contributed by atoms with Crippen LogP contribution in [0, 0.1) is 0 Å². The third-order valence-electron chi connectivity index (χ3n) is 1.23. The molecule has 2 atom stereocenters. The third kappa shape index (κ3) is 5.49. The minimum atomic E-state index is 0.413. The van der Waals surface area contributed by atoms with Crippen molar-refractivity contribution in [1.29, 1.82) is 0 Å². The summed E-state index contributed by atoms with van der Waals surface area (Å²) in [4.78, 5) is 0. The van der Waals surface area contributed by atoms with Gasteiger partial charge in [0.15, 0.2) is 0 Å². The zero-order valence-electron chi connectivity index (χ0n) is 5.62. The molecule has 0 aromatic carbocycles. The molecular formula is C6H14S3. The van der Waals surface area contributed by atoms with Gasteiger partial charge in [-0.15, -0.1) is 0 Å². The Hall–Kier alpha value is 1.05. The summed E-state index contributed by atoms with van der Waals surface area (Å²) >= 11 is 12.8. The van der Waals surface area contributed by atoms with Gasteiger partial charge in [-0.1, -0.05) is 6.92 Å². The number of hydrogen-bond acceptors (Lipinski definition) is 3. The minimum Gasteiger partial charge on any atom is -0.178 e. The largest absolute Gasteiger partial charge is 0.178 e. The van der Waals surface area contributed by atoms with Crippen LogP contribution in [0.15, 0.2) is 0 Å². The van der Waals surface area contributed by atoms with Crippen LogP contribution < -0.4 is 0 Å². The van der Waals surface area contributed by atoms with Crippen LogP contribution >= 0.6 is 37.9 Å². The maximum Gasteiger partial charge on any atom is 0.0115 e. The maximum absolute atomic E-state index is 4.34. The van der Waals surface area contributed by atoms with Crippen LogP contribution in [0.3, 0.4) is 0 Å². The van der Waals surface area contributed by atoms with Gasteiger partial charge in [-0.25, -0.2) is 0 Å². The van der Waals surface area contributed by atoms with E-state index in [4.69, 9.17) is 0 Å². The second kappa shape index (κ2) is 5.81. The highest BCUT2D eigenvalue weighted by Gasteiger charge is 2.05. The fraction of sp³-hybridized carbons (Fsp3) is 1.00. The molecule has 3 heteroatoms. The van der Waals surface area contributed by atoms with E-state index in [0.29, 0.717) is 10.5 Å². The van der Waals surface area contributed by atoms with Crippen LogP contribution in [0.1, 0.15) is 19.8 Å². The monoisotopic (exact) mass is 182 g/mol. The van der Waals surface area contributed by atoms with Crippen molar-refractivity contribution in [2.24, 2.45) is 0 Å². The van der Waals surface area contributed by atoms with Crippen LogP contribution in [0.4, 0.5) is 0 Å². The van der Waals surface area contributed by atoms with E-state index in [1.165, 1.54) is 0 Å². The lowest BCUT2D eigenvalue weighted by molar-refractivity contribution is 0.743. The number of thiol groups is 3. The van der Waals surface area contributed by atoms with Crippen LogP contribution in [-0.4, -0.2) is 16.3 Å². The van der Waals surface area contributed by atoms with Crippen molar-refractivity contribution in [2.45, 2.75) is 30.3 Å². The lowest BCUT2D eigenvalue weighted by Crippen LogP contribution is -2.08. The highest BCUT2D eigenvalue weighted by atomic mass is 32.1. The minimum absolute atomic E-state index is 0.413. The Morgan fingerprint density at radius 1 is 1.22 bits per heavy atom. The first-order chi connectivity index (χ1) is 4.20. The summed E-state index contributed by atoms with van der Waals surface area (Å²) in [6, 6.07) is 0. The Balaban J connectivity index is 3.22. The summed E-state index contributed by atoms with van der Waals surface area (Å²) in [6.45, 7) is 2.14. The molecule has 0 aliphatic heterocycles. The summed E-state index contributed by atoms with van der Waals surface area (Å²) < 4.78 is 0. The first-order valence-electron chi connectivity index (χ1n) is 3.17. The Bertz CT molecular complexity index is 57.3. The summed E-state index contributed by atoms with van der Waals surface area (Å²) in [5, 5.41) is 0.912. The molecule has 0 aromatic heterocycles. The molecule has 0 aliphatic rings. The van der Waals surface area contributed by atoms with E-state index in [1.54, 1.807) is 0 Å². The molecule has 0 amide bonds. The normalized spacial score (nSPS) is 17.3. The fourth-order valence-corrected chi connectivity index (χ4v) is 1.38. The molecule has 0 spiro atoms. The Morgan fingerprint density at radius 3 is 2.11 bits per heavy atom. The predicted octanol–water partition coefficient (Wildman–Crippen LogP) is 2.31. The molecule has 0 saturated carbocycles. The summed E-state index contributed by atoms with van der Waals surface area (Å²) in [5.41, 5.74) is 0. The lowest BCUT2D eigenvalue weighted by atomic mass is 10.2. The predicted molar refractivity (Wildman–Crippen MR) is 54.3 cm³/mol. The van der Waals surface area contributed by atoms with Crippen LogP contribution in [0.2, 0.25) is 0 Å². The highest BCUT2D eigenvalue weighted by molar-refractivity contribution is 7.84. The van der Waals surface area contributed by atoms with Gasteiger partial charge in [-0.2, -0.15) is 37.9 Å². The van der Waals surface area contributed by atoms with Gasteiger partial charge < -0.3 is 0 Å². The zero-order valence-corrected chi connectivity index (χ0v) is 8.30. The molecule has 2 unspecified atom stereocenters. The maximum atomic E-state index is 4.34. The van der Waals surface area contributed by atoms with Crippen molar-refractivity contribution in [2.75, 3.05) is 5.75 Å². The van der Waals surface area contributed by atoms with E-state index >= 15 is 0 Å². The molecule has 0 heterocycles. The van der Waals surface area contributed by atoms with Gasteiger partial charge in [0.05, 0.1) is 0 Å². The second-order valence-electron chi connectivity index (χ2n) is 2.13. The second-order valence-corrected chi connectivity index (χ2v) is 3.96. The third-order valence-corrected chi connectivity index (χ3v) is 2.92. The van der Waals surface area contributed by atoms with Crippen molar-refractivity contribution in [3.8, 4) is 0 Å². The molecule has 56 valence electrons. The van der Waals surface area contributed by atoms with Gasteiger partial charge in [0.2, 0.25) is 0 Å². The Labute approximate surface area is 74.0 Å². The number of rotatable bonds is 4. The van der Waals surface area contributed by atoms with Crippen LogP contribution in [0.25, 0.3) is 0 Å². The van der Waals surface area contributed by atoms with Crippen molar-refractivity contribution in [1.82, 2.24) is 0 Å². The summed E-state index contributed by atoms with van der Waals surface area (Å²) in [6.07, 6.45) is 2.18. The first-order valence-corrected chi connectivity index (χ1v) is 4.84. The molecule has 0 bridgehead atoms. The van der Waals surface area contributed by atoms with Crippen molar-refractivity contribution < 1.29 is 0 Å². The molecule has 0 N–H and O–H groups in total. The van der Waals surface area contributed by atoms with Crippen molar-refractivity contribution >= 4 is 37.9 Å². The number of hydrogen-bond donors (Lipinski definition) is 3. The molecule has 0 rings (SSSR count). The van der Waals surface area contributed by atoms with E-state index in [9.17, 15) is 0 Å².